The second-order valence-corrected chi connectivity index (χ2v) is 4.87. The van der Waals surface area contributed by atoms with Gasteiger partial charge < -0.3 is 10.1 Å². The minimum absolute atomic E-state index is 0.231. The Morgan fingerprint density at radius 2 is 1.80 bits per heavy atom. The Kier molecular flexibility index (Phi) is 4.40. The molecule has 0 heterocycles. The second kappa shape index (κ2) is 6.06. The fourth-order valence-electron chi connectivity index (χ4n) is 2.52. The van der Waals surface area contributed by atoms with Gasteiger partial charge in [0.1, 0.15) is 11.6 Å². The third-order valence-electron chi connectivity index (χ3n) is 3.77. The van der Waals surface area contributed by atoms with E-state index in [1.54, 1.807) is 19.2 Å². The number of benzene rings is 2. The third-order valence-corrected chi connectivity index (χ3v) is 3.77. The van der Waals surface area contributed by atoms with Gasteiger partial charge in [-0.2, -0.15) is 0 Å². The lowest BCUT2D eigenvalue weighted by Gasteiger charge is -2.23. The smallest absolute Gasteiger partial charge is 0.132 e. The Balaban J connectivity index is 2.61. The number of methoxy groups -OCH3 is 1. The van der Waals surface area contributed by atoms with Crippen molar-refractivity contribution in [1.82, 2.24) is 5.32 Å². The lowest BCUT2D eigenvalue weighted by atomic mass is 9.92. The van der Waals surface area contributed by atoms with Crippen LogP contribution in [-0.2, 0) is 0 Å². The minimum Gasteiger partial charge on any atom is -0.496 e. The van der Waals surface area contributed by atoms with Crippen LogP contribution in [-0.4, -0.2) is 14.2 Å². The molecule has 20 heavy (non-hydrogen) atoms. The highest BCUT2D eigenvalue weighted by atomic mass is 19.1. The van der Waals surface area contributed by atoms with Gasteiger partial charge in [-0.25, -0.2) is 4.39 Å². The van der Waals surface area contributed by atoms with Gasteiger partial charge in [0.25, 0.3) is 0 Å². The van der Waals surface area contributed by atoms with E-state index in [4.69, 9.17) is 4.74 Å². The van der Waals surface area contributed by atoms with Crippen molar-refractivity contribution in [3.63, 3.8) is 0 Å². The molecule has 0 aliphatic rings. The van der Waals surface area contributed by atoms with Gasteiger partial charge in [-0.05, 0) is 49.7 Å². The summed E-state index contributed by atoms with van der Waals surface area (Å²) in [5.41, 5.74) is 3.97. The van der Waals surface area contributed by atoms with E-state index >= 15 is 0 Å². The molecule has 0 amide bonds. The van der Waals surface area contributed by atoms with Crippen molar-refractivity contribution in [2.75, 3.05) is 14.2 Å². The quantitative estimate of drug-likeness (QED) is 0.915. The summed E-state index contributed by atoms with van der Waals surface area (Å²) >= 11 is 0. The van der Waals surface area contributed by atoms with Gasteiger partial charge >= 0.3 is 0 Å². The first-order valence-corrected chi connectivity index (χ1v) is 6.66. The highest BCUT2D eigenvalue weighted by Crippen LogP contribution is 2.34. The summed E-state index contributed by atoms with van der Waals surface area (Å²) < 4.78 is 19.6. The molecule has 0 bridgehead atoms. The molecular formula is C17H20FNO. The van der Waals surface area contributed by atoms with Crippen LogP contribution in [0.3, 0.4) is 0 Å². The van der Waals surface area contributed by atoms with Crippen molar-refractivity contribution >= 4 is 0 Å². The minimum atomic E-state index is -0.260. The molecule has 0 aromatic heterocycles. The zero-order valence-electron chi connectivity index (χ0n) is 12.3. The SMILES string of the molecule is CNC(c1cccc(C)c1C)c1c(F)cccc1OC. The first-order valence-electron chi connectivity index (χ1n) is 6.66. The summed E-state index contributed by atoms with van der Waals surface area (Å²) in [5.74, 6) is 0.301. The fourth-order valence-corrected chi connectivity index (χ4v) is 2.52. The number of hydrogen-bond acceptors (Lipinski definition) is 2. The zero-order valence-corrected chi connectivity index (χ0v) is 12.3. The van der Waals surface area contributed by atoms with Crippen molar-refractivity contribution in [3.05, 3.63) is 64.5 Å². The summed E-state index contributed by atoms with van der Waals surface area (Å²) in [6.07, 6.45) is 0. The molecule has 0 spiro atoms. The monoisotopic (exact) mass is 273 g/mol. The van der Waals surface area contributed by atoms with Crippen LogP contribution in [0.5, 0.6) is 5.75 Å². The molecule has 1 N–H and O–H groups in total. The summed E-state index contributed by atoms with van der Waals surface area (Å²) in [4.78, 5) is 0. The molecule has 3 heteroatoms. The number of nitrogens with one attached hydrogen (secondary N) is 1. The maximum absolute atomic E-state index is 14.3. The molecule has 2 aromatic rings. The maximum atomic E-state index is 14.3. The van der Waals surface area contributed by atoms with Crippen LogP contribution in [0.25, 0.3) is 0 Å². The number of hydrogen-bond donors (Lipinski definition) is 1. The van der Waals surface area contributed by atoms with Crippen LogP contribution in [0, 0.1) is 19.7 Å². The Labute approximate surface area is 119 Å². The normalized spacial score (nSPS) is 12.2. The van der Waals surface area contributed by atoms with E-state index in [9.17, 15) is 4.39 Å². The summed E-state index contributed by atoms with van der Waals surface area (Å²) in [5, 5.41) is 3.20. The van der Waals surface area contributed by atoms with Gasteiger partial charge in [-0.3, -0.25) is 0 Å². The molecule has 1 unspecified atom stereocenters. The molecular weight excluding hydrogens is 253 g/mol. The van der Waals surface area contributed by atoms with Crippen molar-refractivity contribution in [3.8, 4) is 5.75 Å². The standard InChI is InChI=1S/C17H20FNO/c1-11-7-5-8-13(12(11)2)17(19-3)16-14(18)9-6-10-15(16)20-4/h5-10,17,19H,1-4H3. The molecule has 106 valence electrons. The topological polar surface area (TPSA) is 21.3 Å². The average Bonchev–Trinajstić information content (AvgIpc) is 2.45. The van der Waals surface area contributed by atoms with Crippen LogP contribution in [0.4, 0.5) is 4.39 Å². The summed E-state index contributed by atoms with van der Waals surface area (Å²) in [7, 11) is 3.40. The van der Waals surface area contributed by atoms with E-state index < -0.39 is 0 Å². The van der Waals surface area contributed by atoms with Crippen LogP contribution < -0.4 is 10.1 Å². The molecule has 2 aromatic carbocycles. The molecule has 2 rings (SSSR count). The number of rotatable bonds is 4. The molecule has 0 saturated heterocycles. The lowest BCUT2D eigenvalue weighted by molar-refractivity contribution is 0.398. The van der Waals surface area contributed by atoms with Gasteiger partial charge in [-0.15, -0.1) is 0 Å². The Morgan fingerprint density at radius 3 is 2.45 bits per heavy atom. The largest absolute Gasteiger partial charge is 0.496 e. The van der Waals surface area contributed by atoms with Gasteiger partial charge in [-0.1, -0.05) is 24.3 Å². The van der Waals surface area contributed by atoms with E-state index in [2.05, 4.69) is 25.2 Å². The highest BCUT2D eigenvalue weighted by molar-refractivity contribution is 5.46. The van der Waals surface area contributed by atoms with Gasteiger partial charge in [0.2, 0.25) is 0 Å². The molecule has 0 aliphatic heterocycles. The molecule has 0 radical (unpaired) electrons. The fraction of sp³-hybridized carbons (Fsp3) is 0.294. The summed E-state index contributed by atoms with van der Waals surface area (Å²) in [6, 6.07) is 10.8. The van der Waals surface area contributed by atoms with E-state index in [0.717, 1.165) is 11.1 Å². The first-order chi connectivity index (χ1) is 9.60. The predicted octanol–water partition coefficient (Wildman–Crippen LogP) is 3.76. The lowest BCUT2D eigenvalue weighted by Crippen LogP contribution is -2.21. The van der Waals surface area contributed by atoms with E-state index in [1.807, 2.05) is 19.2 Å². The molecule has 0 saturated carbocycles. The van der Waals surface area contributed by atoms with Crippen molar-refractivity contribution in [2.24, 2.45) is 0 Å². The zero-order chi connectivity index (χ0) is 14.7. The van der Waals surface area contributed by atoms with Gasteiger partial charge in [0.05, 0.1) is 18.7 Å². The maximum Gasteiger partial charge on any atom is 0.132 e. The van der Waals surface area contributed by atoms with Crippen LogP contribution in [0.15, 0.2) is 36.4 Å². The van der Waals surface area contributed by atoms with E-state index in [0.29, 0.717) is 11.3 Å². The van der Waals surface area contributed by atoms with Crippen LogP contribution in [0.1, 0.15) is 28.3 Å². The van der Waals surface area contributed by atoms with Crippen molar-refractivity contribution in [2.45, 2.75) is 19.9 Å². The molecule has 0 fully saturated rings. The second-order valence-electron chi connectivity index (χ2n) is 4.87. The summed E-state index contributed by atoms with van der Waals surface area (Å²) in [6.45, 7) is 4.12. The van der Waals surface area contributed by atoms with Crippen molar-refractivity contribution < 1.29 is 9.13 Å². The molecule has 0 aliphatic carbocycles. The predicted molar refractivity (Wildman–Crippen MR) is 79.8 cm³/mol. The number of halogens is 1. The molecule has 1 atom stereocenters. The Bertz CT molecular complexity index is 610. The third kappa shape index (κ3) is 2.54. The Morgan fingerprint density at radius 1 is 1.10 bits per heavy atom. The van der Waals surface area contributed by atoms with Crippen LogP contribution in [0.2, 0.25) is 0 Å². The van der Waals surface area contributed by atoms with Crippen LogP contribution >= 0.6 is 0 Å². The number of ether oxygens (including phenoxy) is 1. The highest BCUT2D eigenvalue weighted by Gasteiger charge is 2.22. The van der Waals surface area contributed by atoms with Crippen molar-refractivity contribution in [1.29, 1.82) is 0 Å². The van der Waals surface area contributed by atoms with E-state index in [1.165, 1.54) is 11.6 Å². The average molecular weight is 273 g/mol. The van der Waals surface area contributed by atoms with E-state index in [-0.39, 0.29) is 11.9 Å². The Hall–Kier alpha value is -1.87. The van der Waals surface area contributed by atoms with Gasteiger partial charge in [0, 0.05) is 0 Å². The van der Waals surface area contributed by atoms with Gasteiger partial charge in [0.15, 0.2) is 0 Å². The number of aryl methyl sites for hydroxylation is 1. The molecule has 2 nitrogen and oxygen atoms in total. The first kappa shape index (κ1) is 14.5.